The highest BCUT2D eigenvalue weighted by Gasteiger charge is 2.21. The van der Waals surface area contributed by atoms with E-state index in [9.17, 15) is 9.90 Å². The number of aliphatic hydroxyl groups is 1. The van der Waals surface area contributed by atoms with Gasteiger partial charge in [0.2, 0.25) is 0 Å². The molecular formula is C12H15BrN2O2. The average molecular weight is 299 g/mol. The van der Waals surface area contributed by atoms with Crippen molar-refractivity contribution < 1.29 is 9.90 Å². The highest BCUT2D eigenvalue weighted by atomic mass is 79.9. The molecule has 0 unspecified atom stereocenters. The van der Waals surface area contributed by atoms with Gasteiger partial charge in [0.05, 0.1) is 11.7 Å². The highest BCUT2D eigenvalue weighted by molar-refractivity contribution is 9.10. The van der Waals surface area contributed by atoms with Crippen LogP contribution in [-0.2, 0) is 0 Å². The normalized spacial score (nSPS) is 24.4. The number of carbonyl (C=O) groups is 1. The summed E-state index contributed by atoms with van der Waals surface area (Å²) in [5.74, 6) is -0.0913. The Morgan fingerprint density at radius 1 is 1.35 bits per heavy atom. The fourth-order valence-corrected chi connectivity index (χ4v) is 2.23. The zero-order valence-corrected chi connectivity index (χ0v) is 11.0. The molecule has 92 valence electrons. The van der Waals surface area contributed by atoms with Crippen molar-refractivity contribution in [2.75, 3.05) is 0 Å². The summed E-state index contributed by atoms with van der Waals surface area (Å²) in [6.45, 7) is 0. The number of nitrogens with zero attached hydrogens (tertiary/aromatic N) is 1. The molecule has 0 atom stereocenters. The van der Waals surface area contributed by atoms with E-state index < -0.39 is 0 Å². The van der Waals surface area contributed by atoms with Gasteiger partial charge in [0.25, 0.3) is 5.91 Å². The molecule has 0 aromatic carbocycles. The third-order valence-electron chi connectivity index (χ3n) is 3.02. The van der Waals surface area contributed by atoms with Crippen molar-refractivity contribution >= 4 is 21.8 Å². The molecule has 4 nitrogen and oxygen atoms in total. The van der Waals surface area contributed by atoms with Crippen molar-refractivity contribution in [2.45, 2.75) is 37.8 Å². The van der Waals surface area contributed by atoms with Crippen LogP contribution in [0, 0.1) is 0 Å². The Balaban J connectivity index is 1.91. The van der Waals surface area contributed by atoms with E-state index in [-0.39, 0.29) is 18.1 Å². The maximum Gasteiger partial charge on any atom is 0.253 e. The standard InChI is InChI=1S/C12H15BrN2O2/c13-11-6-1-8(7-14-11)12(17)15-9-2-4-10(16)5-3-9/h1,6-7,9-10,16H,2-5H2,(H,15,17). The van der Waals surface area contributed by atoms with E-state index in [4.69, 9.17) is 0 Å². The molecule has 17 heavy (non-hydrogen) atoms. The van der Waals surface area contributed by atoms with Gasteiger partial charge in [0.15, 0.2) is 0 Å². The summed E-state index contributed by atoms with van der Waals surface area (Å²) < 4.78 is 0.717. The maximum absolute atomic E-state index is 11.9. The molecule has 1 aromatic heterocycles. The number of hydrogen-bond acceptors (Lipinski definition) is 3. The first kappa shape index (κ1) is 12.5. The first-order chi connectivity index (χ1) is 8.15. The van der Waals surface area contributed by atoms with E-state index in [1.165, 1.54) is 0 Å². The van der Waals surface area contributed by atoms with Gasteiger partial charge in [-0.05, 0) is 53.7 Å². The fourth-order valence-electron chi connectivity index (χ4n) is 2.00. The molecule has 1 amide bonds. The van der Waals surface area contributed by atoms with Crippen LogP contribution in [0.15, 0.2) is 22.9 Å². The monoisotopic (exact) mass is 298 g/mol. The van der Waals surface area contributed by atoms with Crippen molar-refractivity contribution in [3.05, 3.63) is 28.5 Å². The predicted octanol–water partition coefficient (Wildman–Crippen LogP) is 1.88. The zero-order valence-electron chi connectivity index (χ0n) is 9.40. The lowest BCUT2D eigenvalue weighted by molar-refractivity contribution is 0.0867. The average Bonchev–Trinajstić information content (AvgIpc) is 2.33. The summed E-state index contributed by atoms with van der Waals surface area (Å²) in [6, 6.07) is 3.67. The Bertz CT molecular complexity index is 386. The first-order valence-corrected chi connectivity index (χ1v) is 6.55. The van der Waals surface area contributed by atoms with Crippen LogP contribution in [0.5, 0.6) is 0 Å². The van der Waals surface area contributed by atoms with Gasteiger partial charge < -0.3 is 10.4 Å². The summed E-state index contributed by atoms with van der Waals surface area (Å²) in [5, 5.41) is 12.4. The molecule has 5 heteroatoms. The van der Waals surface area contributed by atoms with Crippen LogP contribution in [-0.4, -0.2) is 28.1 Å². The van der Waals surface area contributed by atoms with E-state index in [0.29, 0.717) is 5.56 Å². The molecule has 1 saturated carbocycles. The minimum atomic E-state index is -0.197. The van der Waals surface area contributed by atoms with Gasteiger partial charge >= 0.3 is 0 Å². The molecule has 0 radical (unpaired) electrons. The lowest BCUT2D eigenvalue weighted by Gasteiger charge is -2.26. The summed E-state index contributed by atoms with van der Waals surface area (Å²) in [7, 11) is 0. The van der Waals surface area contributed by atoms with Crippen molar-refractivity contribution in [1.29, 1.82) is 0 Å². The van der Waals surface area contributed by atoms with Gasteiger partial charge in [-0.1, -0.05) is 0 Å². The largest absolute Gasteiger partial charge is 0.393 e. The van der Waals surface area contributed by atoms with E-state index in [1.54, 1.807) is 18.3 Å². The SMILES string of the molecule is O=C(NC1CCC(O)CC1)c1ccc(Br)nc1. The van der Waals surface area contributed by atoms with Gasteiger partial charge in [0.1, 0.15) is 4.60 Å². The summed E-state index contributed by atoms with van der Waals surface area (Å²) >= 11 is 3.23. The molecule has 0 bridgehead atoms. The Morgan fingerprint density at radius 3 is 2.65 bits per heavy atom. The highest BCUT2D eigenvalue weighted by Crippen LogP contribution is 2.18. The second-order valence-corrected chi connectivity index (χ2v) is 5.16. The van der Waals surface area contributed by atoms with Crippen LogP contribution in [0.25, 0.3) is 0 Å². The molecule has 2 rings (SSSR count). The van der Waals surface area contributed by atoms with Crippen LogP contribution < -0.4 is 5.32 Å². The Morgan fingerprint density at radius 2 is 2.06 bits per heavy atom. The van der Waals surface area contributed by atoms with Crippen LogP contribution in [0.2, 0.25) is 0 Å². The molecule has 1 fully saturated rings. The summed E-state index contributed by atoms with van der Waals surface area (Å²) in [5.41, 5.74) is 0.569. The molecule has 1 aliphatic rings. The smallest absolute Gasteiger partial charge is 0.253 e. The van der Waals surface area contributed by atoms with E-state index >= 15 is 0 Å². The van der Waals surface area contributed by atoms with Gasteiger partial charge in [-0.3, -0.25) is 4.79 Å². The second-order valence-electron chi connectivity index (χ2n) is 4.35. The van der Waals surface area contributed by atoms with Crippen LogP contribution in [0.4, 0.5) is 0 Å². The number of nitrogens with one attached hydrogen (secondary N) is 1. The topological polar surface area (TPSA) is 62.2 Å². The third kappa shape index (κ3) is 3.51. The molecule has 1 heterocycles. The Hall–Kier alpha value is -0.940. The molecule has 1 aliphatic carbocycles. The number of aliphatic hydroxyl groups excluding tert-OH is 1. The number of halogens is 1. The number of hydrogen-bond donors (Lipinski definition) is 2. The molecular weight excluding hydrogens is 284 g/mol. The van der Waals surface area contributed by atoms with E-state index in [0.717, 1.165) is 30.3 Å². The lowest BCUT2D eigenvalue weighted by Crippen LogP contribution is -2.38. The summed E-state index contributed by atoms with van der Waals surface area (Å²) in [6.07, 6.45) is 4.58. The molecule has 1 aromatic rings. The van der Waals surface area contributed by atoms with Gasteiger partial charge in [-0.25, -0.2) is 4.98 Å². The minimum Gasteiger partial charge on any atom is -0.393 e. The third-order valence-corrected chi connectivity index (χ3v) is 3.49. The van der Waals surface area contributed by atoms with Crippen molar-refractivity contribution in [3.63, 3.8) is 0 Å². The number of amides is 1. The van der Waals surface area contributed by atoms with Crippen LogP contribution in [0.3, 0.4) is 0 Å². The van der Waals surface area contributed by atoms with Gasteiger partial charge in [-0.2, -0.15) is 0 Å². The van der Waals surface area contributed by atoms with Gasteiger partial charge in [0, 0.05) is 12.2 Å². The second kappa shape index (κ2) is 5.60. The molecule has 0 aliphatic heterocycles. The van der Waals surface area contributed by atoms with Crippen molar-refractivity contribution in [3.8, 4) is 0 Å². The summed E-state index contributed by atoms with van der Waals surface area (Å²) in [4.78, 5) is 15.9. The van der Waals surface area contributed by atoms with Crippen molar-refractivity contribution in [2.24, 2.45) is 0 Å². The fraction of sp³-hybridized carbons (Fsp3) is 0.500. The number of carbonyl (C=O) groups excluding carboxylic acids is 1. The number of pyridine rings is 1. The Labute approximate surface area is 109 Å². The minimum absolute atomic E-state index is 0.0913. The van der Waals surface area contributed by atoms with E-state index in [2.05, 4.69) is 26.2 Å². The number of rotatable bonds is 2. The maximum atomic E-state index is 11.9. The zero-order chi connectivity index (χ0) is 12.3. The van der Waals surface area contributed by atoms with Crippen LogP contribution in [0.1, 0.15) is 36.0 Å². The molecule has 2 N–H and O–H groups in total. The van der Waals surface area contributed by atoms with E-state index in [1.807, 2.05) is 0 Å². The molecule has 0 spiro atoms. The Kier molecular flexibility index (Phi) is 4.12. The van der Waals surface area contributed by atoms with Crippen LogP contribution >= 0.6 is 15.9 Å². The lowest BCUT2D eigenvalue weighted by atomic mass is 9.93. The predicted molar refractivity (Wildman–Crippen MR) is 67.7 cm³/mol. The number of aromatic nitrogens is 1. The van der Waals surface area contributed by atoms with Gasteiger partial charge in [-0.15, -0.1) is 0 Å². The quantitative estimate of drug-likeness (QED) is 0.820. The van der Waals surface area contributed by atoms with Crippen molar-refractivity contribution in [1.82, 2.24) is 10.3 Å². The first-order valence-electron chi connectivity index (χ1n) is 5.75. The molecule has 0 saturated heterocycles.